The van der Waals surface area contributed by atoms with E-state index in [1.807, 2.05) is 12.1 Å². The summed E-state index contributed by atoms with van der Waals surface area (Å²) in [5.41, 5.74) is 4.55. The predicted octanol–water partition coefficient (Wildman–Crippen LogP) is 4.02. The lowest BCUT2D eigenvalue weighted by molar-refractivity contribution is -0.110. The first-order valence-corrected chi connectivity index (χ1v) is 10.4. The molecule has 0 saturated carbocycles. The second-order valence-electron chi connectivity index (χ2n) is 8.10. The third kappa shape index (κ3) is 3.98. The van der Waals surface area contributed by atoms with Gasteiger partial charge in [0.1, 0.15) is 18.2 Å². The number of carbonyl (C=O) groups is 1. The van der Waals surface area contributed by atoms with Gasteiger partial charge < -0.3 is 15.2 Å². The summed E-state index contributed by atoms with van der Waals surface area (Å²) in [6.45, 7) is 7.22. The largest absolute Gasteiger partial charge is 0.487 e. The van der Waals surface area contributed by atoms with Gasteiger partial charge in [-0.2, -0.15) is 0 Å². The fraction of sp³-hybridized carbons (Fsp3) is 0.375. The molecule has 30 heavy (non-hydrogen) atoms. The van der Waals surface area contributed by atoms with Crippen molar-refractivity contribution in [2.24, 2.45) is 5.92 Å². The summed E-state index contributed by atoms with van der Waals surface area (Å²) in [6, 6.07) is 10.4. The number of hydrogen-bond donors (Lipinski definition) is 2. The van der Waals surface area contributed by atoms with Gasteiger partial charge in [0.15, 0.2) is 0 Å². The first kappa shape index (κ1) is 20.6. The SMILES string of the molecule is CCC(C)CN(CCO)Cc1ccc2c(c1)CO/C2=C1/C(=O)Nc2ccc(F)cc21. The van der Waals surface area contributed by atoms with Crippen LogP contribution in [0.4, 0.5) is 10.1 Å². The van der Waals surface area contributed by atoms with Crippen molar-refractivity contribution in [3.05, 3.63) is 64.5 Å². The molecule has 0 aromatic heterocycles. The van der Waals surface area contributed by atoms with Crippen LogP contribution in [0.1, 0.15) is 42.5 Å². The summed E-state index contributed by atoms with van der Waals surface area (Å²) in [5, 5.41) is 12.2. The lowest BCUT2D eigenvalue weighted by Crippen LogP contribution is -2.30. The fourth-order valence-electron chi connectivity index (χ4n) is 4.09. The van der Waals surface area contributed by atoms with Crippen LogP contribution in [0.15, 0.2) is 36.4 Å². The van der Waals surface area contributed by atoms with E-state index in [1.54, 1.807) is 6.07 Å². The lowest BCUT2D eigenvalue weighted by Gasteiger charge is -2.24. The number of anilines is 1. The molecule has 1 amide bonds. The van der Waals surface area contributed by atoms with E-state index >= 15 is 0 Å². The smallest absolute Gasteiger partial charge is 0.260 e. The van der Waals surface area contributed by atoms with Crippen LogP contribution in [0, 0.1) is 11.7 Å². The van der Waals surface area contributed by atoms with Crippen LogP contribution in [-0.2, 0) is 22.7 Å². The Bertz CT molecular complexity index is 1000. The molecule has 2 N–H and O–H groups in total. The molecule has 0 saturated heterocycles. The molecule has 0 spiro atoms. The van der Waals surface area contributed by atoms with E-state index in [0.717, 1.165) is 36.2 Å². The summed E-state index contributed by atoms with van der Waals surface area (Å²) >= 11 is 0. The van der Waals surface area contributed by atoms with Gasteiger partial charge >= 0.3 is 0 Å². The van der Waals surface area contributed by atoms with Gasteiger partial charge in [0.25, 0.3) is 5.91 Å². The van der Waals surface area contributed by atoms with Gasteiger partial charge in [0, 0.05) is 42.0 Å². The number of benzene rings is 2. The van der Waals surface area contributed by atoms with Crippen LogP contribution < -0.4 is 5.32 Å². The minimum atomic E-state index is -0.387. The van der Waals surface area contributed by atoms with Gasteiger partial charge in [-0.3, -0.25) is 9.69 Å². The van der Waals surface area contributed by atoms with Crippen molar-refractivity contribution >= 4 is 22.9 Å². The van der Waals surface area contributed by atoms with Gasteiger partial charge in [-0.05, 0) is 29.7 Å². The highest BCUT2D eigenvalue weighted by Gasteiger charge is 2.32. The standard InChI is InChI=1S/C24H27FN2O3/c1-3-15(2)12-27(8-9-28)13-16-4-6-19-17(10-16)14-30-23(19)22-20-11-18(25)5-7-21(20)26-24(22)29/h4-7,10-11,15,28H,3,8-9,12-14H2,1-2H3,(H,26,29)/b23-22+. The zero-order valence-corrected chi connectivity index (χ0v) is 17.4. The molecular formula is C24H27FN2O3. The van der Waals surface area contributed by atoms with Crippen LogP contribution in [-0.4, -0.2) is 35.6 Å². The summed E-state index contributed by atoms with van der Waals surface area (Å²) in [6.07, 6.45) is 1.10. The van der Waals surface area contributed by atoms with Crippen LogP contribution >= 0.6 is 0 Å². The Balaban J connectivity index is 1.63. The fourth-order valence-corrected chi connectivity index (χ4v) is 4.09. The molecule has 5 nitrogen and oxygen atoms in total. The van der Waals surface area contributed by atoms with E-state index in [2.05, 4.69) is 30.1 Å². The number of aliphatic hydroxyl groups excluding tert-OH is 1. The van der Waals surface area contributed by atoms with Crippen molar-refractivity contribution < 1.29 is 19.0 Å². The summed E-state index contributed by atoms with van der Waals surface area (Å²) < 4.78 is 19.7. The Kier molecular flexibility index (Phi) is 5.88. The number of aliphatic hydroxyl groups is 1. The van der Waals surface area contributed by atoms with E-state index in [-0.39, 0.29) is 18.3 Å². The first-order valence-electron chi connectivity index (χ1n) is 10.4. The summed E-state index contributed by atoms with van der Waals surface area (Å²) in [4.78, 5) is 14.8. The summed E-state index contributed by atoms with van der Waals surface area (Å²) in [7, 11) is 0. The molecule has 158 valence electrons. The van der Waals surface area contributed by atoms with E-state index in [9.17, 15) is 14.3 Å². The van der Waals surface area contributed by atoms with Crippen molar-refractivity contribution in [1.82, 2.24) is 4.90 Å². The molecule has 2 aliphatic heterocycles. The van der Waals surface area contributed by atoms with Crippen LogP contribution in [0.25, 0.3) is 11.3 Å². The molecule has 0 radical (unpaired) electrons. The molecule has 2 aliphatic rings. The Morgan fingerprint density at radius 3 is 2.83 bits per heavy atom. The maximum Gasteiger partial charge on any atom is 0.260 e. The zero-order valence-electron chi connectivity index (χ0n) is 17.4. The van der Waals surface area contributed by atoms with Gasteiger partial charge in [0.2, 0.25) is 0 Å². The van der Waals surface area contributed by atoms with E-state index in [1.165, 1.54) is 12.1 Å². The monoisotopic (exact) mass is 410 g/mol. The third-order valence-electron chi connectivity index (χ3n) is 5.83. The molecule has 2 aromatic carbocycles. The third-order valence-corrected chi connectivity index (χ3v) is 5.83. The molecule has 1 atom stereocenters. The minimum absolute atomic E-state index is 0.131. The Morgan fingerprint density at radius 2 is 2.07 bits per heavy atom. The van der Waals surface area contributed by atoms with Crippen LogP contribution in [0.3, 0.4) is 0 Å². The number of amides is 1. The lowest BCUT2D eigenvalue weighted by atomic mass is 9.99. The molecular weight excluding hydrogens is 383 g/mol. The molecule has 2 aromatic rings. The van der Waals surface area contributed by atoms with E-state index in [4.69, 9.17) is 4.74 Å². The van der Waals surface area contributed by atoms with Crippen molar-refractivity contribution in [2.75, 3.05) is 25.0 Å². The van der Waals surface area contributed by atoms with E-state index in [0.29, 0.717) is 41.7 Å². The molecule has 0 bridgehead atoms. The number of nitrogens with one attached hydrogen (secondary N) is 1. The number of carbonyl (C=O) groups excluding carboxylic acids is 1. The van der Waals surface area contributed by atoms with Gasteiger partial charge in [-0.25, -0.2) is 4.39 Å². The second-order valence-corrected chi connectivity index (χ2v) is 8.10. The quantitative estimate of drug-likeness (QED) is 0.677. The molecule has 4 rings (SSSR count). The maximum atomic E-state index is 13.8. The van der Waals surface area contributed by atoms with Crippen molar-refractivity contribution in [1.29, 1.82) is 0 Å². The van der Waals surface area contributed by atoms with Crippen molar-refractivity contribution in [3.63, 3.8) is 0 Å². The average Bonchev–Trinajstić information content (AvgIpc) is 3.27. The van der Waals surface area contributed by atoms with Gasteiger partial charge in [-0.1, -0.05) is 38.5 Å². The van der Waals surface area contributed by atoms with Crippen LogP contribution in [0.5, 0.6) is 0 Å². The minimum Gasteiger partial charge on any atom is -0.487 e. The molecule has 1 unspecified atom stereocenters. The highest BCUT2D eigenvalue weighted by molar-refractivity contribution is 6.36. The number of nitrogens with zero attached hydrogens (tertiary/aromatic N) is 1. The first-order chi connectivity index (χ1) is 14.5. The number of hydrogen-bond acceptors (Lipinski definition) is 4. The van der Waals surface area contributed by atoms with E-state index < -0.39 is 0 Å². The Labute approximate surface area is 176 Å². The molecule has 6 heteroatoms. The van der Waals surface area contributed by atoms with Crippen molar-refractivity contribution in [3.8, 4) is 0 Å². The topological polar surface area (TPSA) is 61.8 Å². The molecule has 2 heterocycles. The number of rotatable bonds is 7. The number of halogens is 1. The second kappa shape index (κ2) is 8.58. The Morgan fingerprint density at radius 1 is 1.23 bits per heavy atom. The summed E-state index contributed by atoms with van der Waals surface area (Å²) in [5.74, 6) is 0.407. The highest BCUT2D eigenvalue weighted by atomic mass is 19.1. The average molecular weight is 410 g/mol. The van der Waals surface area contributed by atoms with Gasteiger partial charge in [0.05, 0.1) is 12.2 Å². The van der Waals surface area contributed by atoms with Crippen LogP contribution in [0.2, 0.25) is 0 Å². The molecule has 0 fully saturated rings. The molecule has 0 aliphatic carbocycles. The zero-order chi connectivity index (χ0) is 21.3. The number of fused-ring (bicyclic) bond motifs is 2. The Hall–Kier alpha value is -2.70. The normalized spacial score (nSPS) is 18.2. The van der Waals surface area contributed by atoms with Gasteiger partial charge in [-0.15, -0.1) is 0 Å². The van der Waals surface area contributed by atoms with Crippen molar-refractivity contribution in [2.45, 2.75) is 33.4 Å². The highest BCUT2D eigenvalue weighted by Crippen LogP contribution is 2.42. The predicted molar refractivity (Wildman–Crippen MR) is 115 cm³/mol. The maximum absolute atomic E-state index is 13.8. The number of ether oxygens (including phenoxy) is 1.